The number of halogens is 2. The summed E-state index contributed by atoms with van der Waals surface area (Å²) in [6.45, 7) is 1.91. The van der Waals surface area contributed by atoms with Gasteiger partial charge in [0, 0.05) is 17.7 Å². The summed E-state index contributed by atoms with van der Waals surface area (Å²) < 4.78 is 20.4. The number of hydrogen-bond acceptors (Lipinski definition) is 4. The molecule has 1 aromatic carbocycles. The quantitative estimate of drug-likeness (QED) is 0.723. The molecule has 3 aromatic rings. The van der Waals surface area contributed by atoms with Crippen LogP contribution in [0.1, 0.15) is 30.0 Å². The number of aromatic nitrogens is 3. The maximum Gasteiger partial charge on any atom is 0.353 e. The Morgan fingerprint density at radius 1 is 1.38 bits per heavy atom. The fourth-order valence-corrected chi connectivity index (χ4v) is 2.85. The van der Waals surface area contributed by atoms with Crippen molar-refractivity contribution >= 4 is 11.6 Å². The van der Waals surface area contributed by atoms with E-state index in [4.69, 9.17) is 16.0 Å². The van der Waals surface area contributed by atoms with E-state index < -0.39 is 11.5 Å². The van der Waals surface area contributed by atoms with Crippen molar-refractivity contribution in [1.29, 1.82) is 0 Å². The van der Waals surface area contributed by atoms with E-state index in [1.807, 2.05) is 6.92 Å². The minimum atomic E-state index is -0.567. The van der Waals surface area contributed by atoms with E-state index in [1.54, 1.807) is 12.3 Å². The molecule has 4 rings (SSSR count). The molecule has 0 atom stereocenters. The Hall–Kier alpha value is -2.47. The third kappa shape index (κ3) is 2.53. The van der Waals surface area contributed by atoms with Crippen molar-refractivity contribution in [2.24, 2.45) is 0 Å². The lowest BCUT2D eigenvalue weighted by Crippen LogP contribution is -2.24. The van der Waals surface area contributed by atoms with E-state index in [-0.39, 0.29) is 16.6 Å². The summed E-state index contributed by atoms with van der Waals surface area (Å²) in [6.07, 6.45) is 5.05. The number of rotatable bonds is 3. The van der Waals surface area contributed by atoms with E-state index in [2.05, 4.69) is 9.97 Å². The maximum atomic E-state index is 13.7. The fraction of sp³-hybridized carbons (Fsp3) is 0.235. The number of aryl methyl sites for hydroxylation is 1. The molecule has 1 aliphatic rings. The first-order valence-corrected chi connectivity index (χ1v) is 7.92. The van der Waals surface area contributed by atoms with E-state index >= 15 is 0 Å². The van der Waals surface area contributed by atoms with Gasteiger partial charge < -0.3 is 4.42 Å². The van der Waals surface area contributed by atoms with Gasteiger partial charge in [-0.2, -0.15) is 9.97 Å². The molecule has 24 heavy (non-hydrogen) atoms. The molecule has 0 aliphatic heterocycles. The third-order valence-corrected chi connectivity index (χ3v) is 4.38. The zero-order chi connectivity index (χ0) is 16.8. The van der Waals surface area contributed by atoms with Crippen LogP contribution in [-0.2, 0) is 0 Å². The predicted molar refractivity (Wildman–Crippen MR) is 87.0 cm³/mol. The first-order chi connectivity index (χ1) is 11.5. The molecule has 0 radical (unpaired) electrons. The van der Waals surface area contributed by atoms with Crippen molar-refractivity contribution in [2.45, 2.75) is 25.7 Å². The lowest BCUT2D eigenvalue weighted by Gasteiger charge is -2.08. The number of nitrogens with zero attached hydrogens (tertiary/aromatic N) is 3. The molecule has 7 heteroatoms. The summed E-state index contributed by atoms with van der Waals surface area (Å²) in [4.78, 5) is 20.7. The Bertz CT molecular complexity index is 992. The van der Waals surface area contributed by atoms with Gasteiger partial charge in [-0.25, -0.2) is 13.8 Å². The Morgan fingerprint density at radius 2 is 2.17 bits per heavy atom. The highest BCUT2D eigenvalue weighted by molar-refractivity contribution is 6.30. The first-order valence-electron chi connectivity index (χ1n) is 7.54. The standard InChI is InChI=1S/C17H13ClFN3O2/c1-9-7-22(17(23)21-14(9)10-2-3-10)16-15(24-8-20-16)11-4-5-12(18)13(19)6-11/h4-8,10H,2-3H2,1H3. The zero-order valence-corrected chi connectivity index (χ0v) is 13.5. The van der Waals surface area contributed by atoms with Gasteiger partial charge in [0.25, 0.3) is 0 Å². The molecule has 2 aromatic heterocycles. The van der Waals surface area contributed by atoms with Crippen LogP contribution in [0.5, 0.6) is 0 Å². The molecular weight excluding hydrogens is 333 g/mol. The van der Waals surface area contributed by atoms with Gasteiger partial charge in [0.15, 0.2) is 18.0 Å². The highest BCUT2D eigenvalue weighted by Gasteiger charge is 2.28. The Morgan fingerprint density at radius 3 is 2.88 bits per heavy atom. The second-order valence-corrected chi connectivity index (χ2v) is 6.28. The zero-order valence-electron chi connectivity index (χ0n) is 12.8. The lowest BCUT2D eigenvalue weighted by atomic mass is 10.1. The van der Waals surface area contributed by atoms with Gasteiger partial charge in [-0.05, 0) is 43.5 Å². The second-order valence-electron chi connectivity index (χ2n) is 5.87. The molecule has 1 fully saturated rings. The van der Waals surface area contributed by atoms with Crippen molar-refractivity contribution < 1.29 is 8.81 Å². The summed E-state index contributed by atoms with van der Waals surface area (Å²) in [5, 5.41) is 0.0169. The predicted octanol–water partition coefficient (Wildman–Crippen LogP) is 3.87. The van der Waals surface area contributed by atoms with Crippen LogP contribution in [0.25, 0.3) is 17.1 Å². The monoisotopic (exact) mass is 345 g/mol. The number of oxazole rings is 1. The molecule has 1 saturated carbocycles. The fourth-order valence-electron chi connectivity index (χ4n) is 2.73. The molecule has 0 spiro atoms. The van der Waals surface area contributed by atoms with Crippen LogP contribution in [0, 0.1) is 12.7 Å². The molecule has 1 aliphatic carbocycles. The number of hydrogen-bond donors (Lipinski definition) is 0. The summed E-state index contributed by atoms with van der Waals surface area (Å²) in [5.41, 5.74) is 1.79. The smallest absolute Gasteiger partial charge is 0.353 e. The van der Waals surface area contributed by atoms with Gasteiger partial charge in [0.2, 0.25) is 0 Å². The Balaban J connectivity index is 1.84. The topological polar surface area (TPSA) is 60.9 Å². The van der Waals surface area contributed by atoms with Gasteiger partial charge in [-0.15, -0.1) is 0 Å². The largest absolute Gasteiger partial charge is 0.441 e. The van der Waals surface area contributed by atoms with Crippen LogP contribution in [0.3, 0.4) is 0 Å². The van der Waals surface area contributed by atoms with Crippen LogP contribution in [0.4, 0.5) is 4.39 Å². The average molecular weight is 346 g/mol. The van der Waals surface area contributed by atoms with Crippen LogP contribution in [-0.4, -0.2) is 14.5 Å². The molecule has 122 valence electrons. The van der Waals surface area contributed by atoms with Crippen molar-refractivity contribution in [3.05, 3.63) is 63.4 Å². The molecule has 0 N–H and O–H groups in total. The van der Waals surface area contributed by atoms with E-state index in [0.717, 1.165) is 24.1 Å². The van der Waals surface area contributed by atoms with Crippen molar-refractivity contribution in [1.82, 2.24) is 14.5 Å². The van der Waals surface area contributed by atoms with Crippen molar-refractivity contribution in [3.63, 3.8) is 0 Å². The lowest BCUT2D eigenvalue weighted by molar-refractivity contribution is 0.569. The molecule has 0 saturated heterocycles. The minimum Gasteiger partial charge on any atom is -0.441 e. The highest BCUT2D eigenvalue weighted by atomic mass is 35.5. The van der Waals surface area contributed by atoms with E-state index in [1.165, 1.54) is 23.1 Å². The SMILES string of the molecule is Cc1cn(-c2ncoc2-c2ccc(Cl)c(F)c2)c(=O)nc1C1CC1. The van der Waals surface area contributed by atoms with Gasteiger partial charge in [-0.3, -0.25) is 0 Å². The summed E-state index contributed by atoms with van der Waals surface area (Å²) in [6, 6.07) is 4.29. The first kappa shape index (κ1) is 15.1. The van der Waals surface area contributed by atoms with E-state index in [0.29, 0.717) is 11.5 Å². The van der Waals surface area contributed by atoms with Crippen LogP contribution >= 0.6 is 11.6 Å². The van der Waals surface area contributed by atoms with Crippen molar-refractivity contribution in [3.8, 4) is 17.1 Å². The summed E-state index contributed by atoms with van der Waals surface area (Å²) in [5.74, 6) is 0.379. The molecule has 2 heterocycles. The summed E-state index contributed by atoms with van der Waals surface area (Å²) >= 11 is 5.71. The minimum absolute atomic E-state index is 0.0169. The highest BCUT2D eigenvalue weighted by Crippen LogP contribution is 2.40. The Labute approximate surface area is 141 Å². The second kappa shape index (κ2) is 5.56. The molecule has 0 amide bonds. The van der Waals surface area contributed by atoms with Gasteiger partial charge in [-0.1, -0.05) is 11.6 Å². The summed E-state index contributed by atoms with van der Waals surface area (Å²) in [7, 11) is 0. The third-order valence-electron chi connectivity index (χ3n) is 4.07. The Kier molecular flexibility index (Phi) is 3.49. The van der Waals surface area contributed by atoms with Gasteiger partial charge >= 0.3 is 5.69 Å². The van der Waals surface area contributed by atoms with Crippen molar-refractivity contribution in [2.75, 3.05) is 0 Å². The van der Waals surface area contributed by atoms with Crippen LogP contribution in [0.2, 0.25) is 5.02 Å². The molecule has 5 nitrogen and oxygen atoms in total. The average Bonchev–Trinajstić information content (AvgIpc) is 3.29. The molecule has 0 unspecified atom stereocenters. The molecular formula is C17H13ClFN3O2. The molecule has 0 bridgehead atoms. The normalized spacial score (nSPS) is 14.1. The maximum absolute atomic E-state index is 13.7. The van der Waals surface area contributed by atoms with Gasteiger partial charge in [0.05, 0.1) is 10.7 Å². The van der Waals surface area contributed by atoms with Crippen LogP contribution < -0.4 is 5.69 Å². The van der Waals surface area contributed by atoms with Gasteiger partial charge in [0.1, 0.15) is 5.82 Å². The van der Waals surface area contributed by atoms with E-state index in [9.17, 15) is 9.18 Å². The van der Waals surface area contributed by atoms with Crippen LogP contribution in [0.15, 0.2) is 40.0 Å². The number of benzene rings is 1.